The van der Waals surface area contributed by atoms with Gasteiger partial charge >= 0.3 is 11.9 Å². The molecular formula is C14H16O6. The van der Waals surface area contributed by atoms with Crippen molar-refractivity contribution in [2.75, 3.05) is 13.2 Å². The van der Waals surface area contributed by atoms with E-state index in [4.69, 9.17) is 18.9 Å². The second-order valence-electron chi connectivity index (χ2n) is 4.36. The molecule has 0 bridgehead atoms. The van der Waals surface area contributed by atoms with E-state index in [1.807, 2.05) is 6.07 Å². The number of ether oxygens (including phenoxy) is 4. The molecule has 6 nitrogen and oxygen atoms in total. The molecule has 0 aromatic heterocycles. The molecule has 1 aromatic rings. The first kappa shape index (κ1) is 14.2. The Labute approximate surface area is 116 Å². The van der Waals surface area contributed by atoms with Crippen LogP contribution in [-0.4, -0.2) is 37.4 Å². The van der Waals surface area contributed by atoms with Gasteiger partial charge in [0.05, 0.1) is 0 Å². The van der Waals surface area contributed by atoms with E-state index < -0.39 is 24.1 Å². The van der Waals surface area contributed by atoms with Gasteiger partial charge in [-0.1, -0.05) is 12.1 Å². The Morgan fingerprint density at radius 3 is 2.55 bits per heavy atom. The molecule has 108 valence electrons. The molecule has 1 aliphatic heterocycles. The van der Waals surface area contributed by atoms with Gasteiger partial charge in [-0.2, -0.15) is 0 Å². The lowest BCUT2D eigenvalue weighted by Gasteiger charge is -2.23. The predicted octanol–water partition coefficient (Wildman–Crippen LogP) is 1.32. The summed E-state index contributed by atoms with van der Waals surface area (Å²) in [6.07, 6.45) is -1.24. The third-order valence-corrected chi connectivity index (χ3v) is 2.71. The number of rotatable bonds is 3. The van der Waals surface area contributed by atoms with E-state index in [1.165, 1.54) is 13.8 Å². The third kappa shape index (κ3) is 3.63. The van der Waals surface area contributed by atoms with Gasteiger partial charge in [-0.3, -0.25) is 9.59 Å². The largest absolute Gasteiger partial charge is 0.486 e. The first-order valence-corrected chi connectivity index (χ1v) is 6.25. The van der Waals surface area contributed by atoms with Gasteiger partial charge in [-0.15, -0.1) is 0 Å². The molecular weight excluding hydrogens is 264 g/mol. The van der Waals surface area contributed by atoms with Gasteiger partial charge in [0.1, 0.15) is 13.2 Å². The molecule has 2 atom stereocenters. The molecule has 0 spiro atoms. The van der Waals surface area contributed by atoms with Crippen LogP contribution in [0.5, 0.6) is 11.5 Å². The number of para-hydroxylation sites is 2. The van der Waals surface area contributed by atoms with Crippen LogP contribution < -0.4 is 9.47 Å². The molecule has 20 heavy (non-hydrogen) atoms. The van der Waals surface area contributed by atoms with Crippen LogP contribution in [0.4, 0.5) is 0 Å². The van der Waals surface area contributed by atoms with Gasteiger partial charge < -0.3 is 18.9 Å². The summed E-state index contributed by atoms with van der Waals surface area (Å²) >= 11 is 0. The van der Waals surface area contributed by atoms with Crippen LogP contribution >= 0.6 is 0 Å². The summed E-state index contributed by atoms with van der Waals surface area (Å²) in [6.45, 7) is 2.75. The Morgan fingerprint density at radius 1 is 1.20 bits per heavy atom. The fraction of sp³-hybridized carbons (Fsp3) is 0.429. The zero-order chi connectivity index (χ0) is 14.5. The van der Waals surface area contributed by atoms with E-state index in [2.05, 4.69) is 0 Å². The molecule has 0 amide bonds. The average molecular weight is 280 g/mol. The molecule has 1 heterocycles. The molecule has 6 heteroatoms. The molecule has 0 saturated carbocycles. The highest BCUT2D eigenvalue weighted by Crippen LogP contribution is 2.31. The van der Waals surface area contributed by atoms with E-state index in [-0.39, 0.29) is 13.2 Å². The monoisotopic (exact) mass is 280 g/mol. The van der Waals surface area contributed by atoms with Crippen molar-refractivity contribution in [3.8, 4) is 11.5 Å². The Balaban J connectivity index is 2.16. The molecule has 1 aliphatic rings. The highest BCUT2D eigenvalue weighted by atomic mass is 16.6. The van der Waals surface area contributed by atoms with Gasteiger partial charge in [-0.05, 0) is 12.1 Å². The quantitative estimate of drug-likeness (QED) is 0.778. The smallest absolute Gasteiger partial charge is 0.303 e. The molecule has 0 aliphatic carbocycles. The SMILES string of the molecule is CC(=O)OC[C@H]1Oc2ccccc2OC[C@H]1OC(C)=O. The van der Waals surface area contributed by atoms with Crippen molar-refractivity contribution in [1.82, 2.24) is 0 Å². The zero-order valence-corrected chi connectivity index (χ0v) is 11.3. The van der Waals surface area contributed by atoms with Gasteiger partial charge in [-0.25, -0.2) is 0 Å². The minimum absolute atomic E-state index is 0.00895. The Hall–Kier alpha value is -2.24. The highest BCUT2D eigenvalue weighted by Gasteiger charge is 2.32. The van der Waals surface area contributed by atoms with Crippen LogP contribution in [-0.2, 0) is 19.1 Å². The van der Waals surface area contributed by atoms with Gasteiger partial charge in [0, 0.05) is 13.8 Å². The zero-order valence-electron chi connectivity index (χ0n) is 11.3. The number of benzene rings is 1. The number of hydrogen-bond donors (Lipinski definition) is 0. The first-order chi connectivity index (χ1) is 9.56. The van der Waals surface area contributed by atoms with Crippen molar-refractivity contribution in [1.29, 1.82) is 0 Å². The molecule has 1 aromatic carbocycles. The van der Waals surface area contributed by atoms with Gasteiger partial charge in [0.2, 0.25) is 0 Å². The van der Waals surface area contributed by atoms with Crippen molar-refractivity contribution < 1.29 is 28.5 Å². The predicted molar refractivity (Wildman–Crippen MR) is 68.5 cm³/mol. The maximum absolute atomic E-state index is 11.1. The minimum atomic E-state index is -0.640. The molecule has 0 unspecified atom stereocenters. The van der Waals surface area contributed by atoms with E-state index in [1.54, 1.807) is 18.2 Å². The van der Waals surface area contributed by atoms with Crippen molar-refractivity contribution in [2.24, 2.45) is 0 Å². The lowest BCUT2D eigenvalue weighted by atomic mass is 10.2. The maximum atomic E-state index is 11.1. The lowest BCUT2D eigenvalue weighted by molar-refractivity contribution is -0.157. The standard InChI is InChI=1S/C14H16O6/c1-9(15)17-7-14-13(19-10(2)16)8-18-11-5-3-4-6-12(11)20-14/h3-6,13-14H,7-8H2,1-2H3/t13-,14-/m1/s1. The topological polar surface area (TPSA) is 71.1 Å². The molecule has 0 saturated heterocycles. The van der Waals surface area contributed by atoms with Crippen LogP contribution in [0.15, 0.2) is 24.3 Å². The Bertz CT molecular complexity index is 498. The third-order valence-electron chi connectivity index (χ3n) is 2.71. The molecule has 0 N–H and O–H groups in total. The van der Waals surface area contributed by atoms with Crippen LogP contribution in [0.25, 0.3) is 0 Å². The average Bonchev–Trinajstić information content (AvgIpc) is 2.56. The van der Waals surface area contributed by atoms with Gasteiger partial charge in [0.25, 0.3) is 0 Å². The van der Waals surface area contributed by atoms with Crippen molar-refractivity contribution in [3.63, 3.8) is 0 Å². The van der Waals surface area contributed by atoms with Crippen LogP contribution in [0.1, 0.15) is 13.8 Å². The first-order valence-electron chi connectivity index (χ1n) is 6.25. The molecule has 2 rings (SSSR count). The Kier molecular flexibility index (Phi) is 4.45. The number of esters is 2. The summed E-state index contributed by atoms with van der Waals surface area (Å²) in [5.41, 5.74) is 0. The molecule has 0 fully saturated rings. The van der Waals surface area contributed by atoms with Gasteiger partial charge in [0.15, 0.2) is 23.7 Å². The Morgan fingerprint density at radius 2 is 1.90 bits per heavy atom. The summed E-state index contributed by atoms with van der Waals surface area (Å²) in [5.74, 6) is 0.226. The summed E-state index contributed by atoms with van der Waals surface area (Å²) in [7, 11) is 0. The van der Waals surface area contributed by atoms with Crippen molar-refractivity contribution in [2.45, 2.75) is 26.1 Å². The van der Waals surface area contributed by atoms with Crippen LogP contribution in [0, 0.1) is 0 Å². The lowest BCUT2D eigenvalue weighted by Crippen LogP contribution is -2.41. The highest BCUT2D eigenvalue weighted by molar-refractivity contribution is 5.66. The summed E-state index contributed by atoms with van der Waals surface area (Å²) in [5, 5.41) is 0. The summed E-state index contributed by atoms with van der Waals surface area (Å²) < 4.78 is 21.4. The number of hydrogen-bond acceptors (Lipinski definition) is 6. The second-order valence-corrected chi connectivity index (χ2v) is 4.36. The van der Waals surface area contributed by atoms with Crippen molar-refractivity contribution >= 4 is 11.9 Å². The maximum Gasteiger partial charge on any atom is 0.303 e. The van der Waals surface area contributed by atoms with Crippen LogP contribution in [0.2, 0.25) is 0 Å². The fourth-order valence-electron chi connectivity index (χ4n) is 1.85. The van der Waals surface area contributed by atoms with E-state index in [0.29, 0.717) is 11.5 Å². The molecule has 0 radical (unpaired) electrons. The second kappa shape index (κ2) is 6.27. The fourth-order valence-corrected chi connectivity index (χ4v) is 1.85. The van der Waals surface area contributed by atoms with Crippen LogP contribution in [0.3, 0.4) is 0 Å². The van der Waals surface area contributed by atoms with E-state index in [0.717, 1.165) is 0 Å². The summed E-state index contributed by atoms with van der Waals surface area (Å²) in [4.78, 5) is 22.1. The number of carbonyl (C=O) groups excluding carboxylic acids is 2. The van der Waals surface area contributed by atoms with Crippen molar-refractivity contribution in [3.05, 3.63) is 24.3 Å². The number of fused-ring (bicyclic) bond motifs is 1. The minimum Gasteiger partial charge on any atom is -0.486 e. The summed E-state index contributed by atoms with van der Waals surface area (Å²) in [6, 6.07) is 7.12. The van der Waals surface area contributed by atoms with E-state index in [9.17, 15) is 9.59 Å². The number of carbonyl (C=O) groups is 2. The van der Waals surface area contributed by atoms with E-state index >= 15 is 0 Å². The normalized spacial score (nSPS) is 20.7.